The fourth-order valence-corrected chi connectivity index (χ4v) is 5.51. The van der Waals surface area contributed by atoms with Gasteiger partial charge in [0.1, 0.15) is 6.54 Å². The first kappa shape index (κ1) is 25.4. The first-order valence-corrected chi connectivity index (χ1v) is 13.3. The summed E-state index contributed by atoms with van der Waals surface area (Å²) in [6.07, 6.45) is 1.49. The molecule has 0 saturated heterocycles. The number of rotatable bonds is 9. The molecule has 2 aromatic carbocycles. The molecule has 0 spiro atoms. The van der Waals surface area contributed by atoms with Gasteiger partial charge < -0.3 is 14.5 Å². The molecule has 5 nitrogen and oxygen atoms in total. The van der Waals surface area contributed by atoms with Crippen molar-refractivity contribution < 1.29 is 14.3 Å². The Morgan fingerprint density at radius 2 is 1.86 bits per heavy atom. The summed E-state index contributed by atoms with van der Waals surface area (Å²) in [5, 5.41) is 2.67. The number of thiophene rings is 1. The number of halogens is 1. The van der Waals surface area contributed by atoms with Gasteiger partial charge in [0.05, 0.1) is 6.04 Å². The molecule has 1 atom stereocenters. The van der Waals surface area contributed by atoms with E-state index in [9.17, 15) is 9.59 Å². The molecule has 7 heteroatoms. The van der Waals surface area contributed by atoms with Crippen molar-refractivity contribution in [1.29, 1.82) is 0 Å². The Morgan fingerprint density at radius 3 is 2.57 bits per heavy atom. The van der Waals surface area contributed by atoms with Crippen LogP contribution >= 0.6 is 22.9 Å². The van der Waals surface area contributed by atoms with Crippen LogP contribution in [-0.2, 0) is 16.0 Å². The lowest BCUT2D eigenvalue weighted by atomic mass is 9.92. The van der Waals surface area contributed by atoms with Crippen molar-refractivity contribution in [2.45, 2.75) is 32.7 Å². The molecule has 0 aliphatic carbocycles. The second kappa shape index (κ2) is 11.8. The number of fused-ring (bicyclic) bond motifs is 1. The number of aryl methyl sites for hydroxylation is 1. The lowest BCUT2D eigenvalue weighted by Gasteiger charge is -2.37. The summed E-state index contributed by atoms with van der Waals surface area (Å²) >= 11 is 7.76. The van der Waals surface area contributed by atoms with Gasteiger partial charge in [-0.3, -0.25) is 9.59 Å². The van der Waals surface area contributed by atoms with Crippen molar-refractivity contribution in [1.82, 2.24) is 9.80 Å². The van der Waals surface area contributed by atoms with Gasteiger partial charge in [-0.25, -0.2) is 0 Å². The molecule has 1 aliphatic rings. The average molecular weight is 511 g/mol. The van der Waals surface area contributed by atoms with Gasteiger partial charge in [0.25, 0.3) is 5.91 Å². The molecule has 3 aromatic rings. The summed E-state index contributed by atoms with van der Waals surface area (Å²) in [5.41, 5.74) is 3.98. The Kier molecular flexibility index (Phi) is 8.60. The van der Waals surface area contributed by atoms with Crippen molar-refractivity contribution >= 4 is 34.8 Å². The summed E-state index contributed by atoms with van der Waals surface area (Å²) in [6, 6.07) is 17.2. The SMILES string of the molecule is CCOCCCN(CC(=O)N1CCc2sccc2C1c1ccc(C)cc1)C(=O)c1ccc(Cl)cc1. The molecule has 35 heavy (non-hydrogen) atoms. The molecule has 4 rings (SSSR count). The summed E-state index contributed by atoms with van der Waals surface area (Å²) in [4.78, 5) is 32.0. The highest BCUT2D eigenvalue weighted by molar-refractivity contribution is 7.10. The van der Waals surface area contributed by atoms with Crippen molar-refractivity contribution in [3.05, 3.63) is 92.1 Å². The maximum Gasteiger partial charge on any atom is 0.254 e. The molecule has 0 saturated carbocycles. The average Bonchev–Trinajstić information content (AvgIpc) is 3.35. The predicted octanol–water partition coefficient (Wildman–Crippen LogP) is 5.75. The molecule has 1 unspecified atom stereocenters. The van der Waals surface area contributed by atoms with Crippen molar-refractivity contribution in [3.8, 4) is 0 Å². The van der Waals surface area contributed by atoms with Crippen molar-refractivity contribution in [3.63, 3.8) is 0 Å². The zero-order chi connectivity index (χ0) is 24.8. The predicted molar refractivity (Wildman–Crippen MR) is 141 cm³/mol. The summed E-state index contributed by atoms with van der Waals surface area (Å²) in [7, 11) is 0. The Hall–Kier alpha value is -2.67. The van der Waals surface area contributed by atoms with Gasteiger partial charge in [-0.2, -0.15) is 0 Å². The molecular formula is C28H31ClN2O3S. The van der Waals surface area contributed by atoms with Crippen LogP contribution in [0.15, 0.2) is 60.0 Å². The number of ether oxygens (including phenoxy) is 1. The summed E-state index contributed by atoms with van der Waals surface area (Å²) in [5.74, 6) is -0.224. The molecule has 0 fully saturated rings. The lowest BCUT2D eigenvalue weighted by Crippen LogP contribution is -2.47. The van der Waals surface area contributed by atoms with Crippen LogP contribution in [0, 0.1) is 6.92 Å². The van der Waals surface area contributed by atoms with E-state index in [1.54, 1.807) is 40.5 Å². The van der Waals surface area contributed by atoms with Gasteiger partial charge in [0.2, 0.25) is 5.91 Å². The lowest BCUT2D eigenvalue weighted by molar-refractivity contribution is -0.134. The Labute approximate surface area is 216 Å². The summed E-state index contributed by atoms with van der Waals surface area (Å²) < 4.78 is 5.47. The Balaban J connectivity index is 1.57. The second-order valence-corrected chi connectivity index (χ2v) is 10.2. The van der Waals surface area contributed by atoms with Gasteiger partial charge in [-0.05, 0) is 73.5 Å². The number of hydrogen-bond acceptors (Lipinski definition) is 4. The zero-order valence-electron chi connectivity index (χ0n) is 20.2. The third kappa shape index (κ3) is 6.13. The van der Waals surface area contributed by atoms with E-state index in [0.717, 1.165) is 12.0 Å². The highest BCUT2D eigenvalue weighted by Gasteiger charge is 2.34. The van der Waals surface area contributed by atoms with E-state index < -0.39 is 0 Å². The van der Waals surface area contributed by atoms with Crippen LogP contribution in [0.1, 0.15) is 51.3 Å². The normalized spacial score (nSPS) is 15.1. The fraction of sp³-hybridized carbons (Fsp3) is 0.357. The number of carbonyl (C=O) groups excluding carboxylic acids is 2. The van der Waals surface area contributed by atoms with Crippen LogP contribution < -0.4 is 0 Å². The Bertz CT molecular complexity index is 1140. The highest BCUT2D eigenvalue weighted by atomic mass is 35.5. The standard InChI is InChI=1S/C28H31ClN2O3S/c1-3-34-17-4-15-30(28(33)22-9-11-23(29)12-10-22)19-26(32)31-16-13-25-24(14-18-35-25)27(31)21-7-5-20(2)6-8-21/h5-12,14,18,27H,3-4,13,15-17,19H2,1-2H3. The molecule has 0 bridgehead atoms. The molecule has 0 radical (unpaired) electrons. The first-order chi connectivity index (χ1) is 17.0. The van der Waals surface area contributed by atoms with Gasteiger partial charge in [0, 0.05) is 41.8 Å². The van der Waals surface area contributed by atoms with Crippen LogP contribution in [0.25, 0.3) is 0 Å². The minimum absolute atomic E-state index is 0.0232. The van der Waals surface area contributed by atoms with Crippen molar-refractivity contribution in [2.75, 3.05) is 32.8 Å². The largest absolute Gasteiger partial charge is 0.382 e. The molecular weight excluding hydrogens is 480 g/mol. The van der Waals surface area contributed by atoms with E-state index in [2.05, 4.69) is 42.6 Å². The maximum absolute atomic E-state index is 13.8. The van der Waals surface area contributed by atoms with E-state index in [1.807, 2.05) is 11.8 Å². The number of amides is 2. The maximum atomic E-state index is 13.8. The van der Waals surface area contributed by atoms with Gasteiger partial charge in [-0.1, -0.05) is 41.4 Å². The van der Waals surface area contributed by atoms with Crippen LogP contribution in [0.4, 0.5) is 0 Å². The van der Waals surface area contributed by atoms with Gasteiger partial charge in [-0.15, -0.1) is 11.3 Å². The van der Waals surface area contributed by atoms with Gasteiger partial charge in [0.15, 0.2) is 0 Å². The number of hydrogen-bond donors (Lipinski definition) is 0. The Morgan fingerprint density at radius 1 is 1.11 bits per heavy atom. The van der Waals surface area contributed by atoms with Crippen LogP contribution in [0.2, 0.25) is 5.02 Å². The van der Waals surface area contributed by atoms with Crippen molar-refractivity contribution in [2.24, 2.45) is 0 Å². The smallest absolute Gasteiger partial charge is 0.254 e. The summed E-state index contributed by atoms with van der Waals surface area (Å²) in [6.45, 7) is 6.27. The van der Waals surface area contributed by atoms with E-state index in [1.165, 1.54) is 16.0 Å². The third-order valence-corrected chi connectivity index (χ3v) is 7.55. The van der Waals surface area contributed by atoms with Crippen LogP contribution in [0.5, 0.6) is 0 Å². The zero-order valence-corrected chi connectivity index (χ0v) is 21.8. The number of nitrogens with zero attached hydrogens (tertiary/aromatic N) is 2. The van der Waals surface area contributed by atoms with Crippen LogP contribution in [-0.4, -0.2) is 54.5 Å². The molecule has 0 N–H and O–H groups in total. The highest BCUT2D eigenvalue weighted by Crippen LogP contribution is 2.38. The van der Waals surface area contributed by atoms with E-state index >= 15 is 0 Å². The molecule has 1 aliphatic heterocycles. The fourth-order valence-electron chi connectivity index (χ4n) is 4.48. The van der Waals surface area contributed by atoms with Gasteiger partial charge >= 0.3 is 0 Å². The molecule has 2 amide bonds. The third-order valence-electron chi connectivity index (χ3n) is 6.30. The molecule has 2 heterocycles. The second-order valence-electron chi connectivity index (χ2n) is 8.73. The molecule has 184 valence electrons. The number of benzene rings is 2. The minimum Gasteiger partial charge on any atom is -0.382 e. The van der Waals surface area contributed by atoms with E-state index in [4.69, 9.17) is 16.3 Å². The minimum atomic E-state index is -0.174. The monoisotopic (exact) mass is 510 g/mol. The quantitative estimate of drug-likeness (QED) is 0.344. The van der Waals surface area contributed by atoms with Crippen LogP contribution in [0.3, 0.4) is 0 Å². The topological polar surface area (TPSA) is 49.9 Å². The molecule has 1 aromatic heterocycles. The van der Waals surface area contributed by atoms with E-state index in [-0.39, 0.29) is 24.4 Å². The number of carbonyl (C=O) groups is 2. The van der Waals surface area contributed by atoms with E-state index in [0.29, 0.717) is 43.3 Å². The first-order valence-electron chi connectivity index (χ1n) is 12.0.